The molecule has 5 nitrogen and oxygen atoms in total. The average molecular weight is 394 g/mol. The van der Waals surface area contributed by atoms with Gasteiger partial charge in [-0.1, -0.05) is 60.6 Å². The summed E-state index contributed by atoms with van der Waals surface area (Å²) in [6.07, 6.45) is 4.80. The van der Waals surface area contributed by atoms with Crippen molar-refractivity contribution in [2.75, 3.05) is 13.7 Å². The van der Waals surface area contributed by atoms with Crippen molar-refractivity contribution in [2.45, 2.75) is 29.7 Å². The molecule has 1 amide bonds. The first-order valence-corrected chi connectivity index (χ1v) is 10.4. The molecule has 0 aliphatic carbocycles. The molecular weight excluding hydrogens is 370 g/mol. The second-order valence-corrected chi connectivity index (χ2v) is 7.86. The van der Waals surface area contributed by atoms with Crippen LogP contribution < -0.4 is 10.1 Å². The van der Waals surface area contributed by atoms with Crippen molar-refractivity contribution in [1.29, 1.82) is 0 Å². The van der Waals surface area contributed by atoms with Crippen LogP contribution in [0.4, 0.5) is 0 Å². The molecule has 144 valence electrons. The summed E-state index contributed by atoms with van der Waals surface area (Å²) in [5, 5.41) is 3.67. The fraction of sp³-hybridized carbons (Fsp3) is 0.273. The van der Waals surface area contributed by atoms with Gasteiger partial charge in [0.05, 0.1) is 29.9 Å². The van der Waals surface area contributed by atoms with Crippen LogP contribution in [-0.4, -0.2) is 34.4 Å². The number of imidazole rings is 1. The number of carbonyl (C=O) groups is 1. The number of ether oxygens (including phenoxy) is 1. The van der Waals surface area contributed by atoms with Crippen LogP contribution in [0.3, 0.4) is 0 Å². The third kappa shape index (κ3) is 3.78. The maximum Gasteiger partial charge on any atom is 0.233 e. The van der Waals surface area contributed by atoms with Gasteiger partial charge in [0.1, 0.15) is 5.75 Å². The summed E-state index contributed by atoms with van der Waals surface area (Å²) in [7, 11) is 1.67. The Labute approximate surface area is 169 Å². The van der Waals surface area contributed by atoms with Gasteiger partial charge in [-0.2, -0.15) is 0 Å². The fourth-order valence-electron chi connectivity index (χ4n) is 3.43. The second kappa shape index (κ2) is 8.52. The van der Waals surface area contributed by atoms with Gasteiger partial charge in [-0.3, -0.25) is 9.36 Å². The number of rotatable bonds is 5. The largest absolute Gasteiger partial charge is 0.495 e. The van der Waals surface area contributed by atoms with Gasteiger partial charge in [0.25, 0.3) is 0 Å². The Balaban J connectivity index is 1.81. The Morgan fingerprint density at radius 3 is 2.71 bits per heavy atom. The molecule has 2 aromatic carbocycles. The number of para-hydroxylation sites is 2. The zero-order valence-corrected chi connectivity index (χ0v) is 16.6. The van der Waals surface area contributed by atoms with Crippen molar-refractivity contribution in [3.63, 3.8) is 0 Å². The maximum absolute atomic E-state index is 12.5. The molecule has 1 atom stereocenters. The van der Waals surface area contributed by atoms with Crippen LogP contribution in [0.5, 0.6) is 5.75 Å². The Hall–Kier alpha value is -2.73. The summed E-state index contributed by atoms with van der Waals surface area (Å²) < 4.78 is 7.70. The molecule has 1 aliphatic heterocycles. The molecule has 1 aliphatic rings. The van der Waals surface area contributed by atoms with E-state index < -0.39 is 0 Å². The molecule has 1 fully saturated rings. The molecule has 0 spiro atoms. The van der Waals surface area contributed by atoms with Gasteiger partial charge in [-0.25, -0.2) is 4.98 Å². The number of hydrogen-bond acceptors (Lipinski definition) is 4. The van der Waals surface area contributed by atoms with Crippen molar-refractivity contribution in [3.8, 4) is 22.7 Å². The van der Waals surface area contributed by atoms with Crippen molar-refractivity contribution in [1.82, 2.24) is 14.9 Å². The third-order valence-corrected chi connectivity index (χ3v) is 6.09. The van der Waals surface area contributed by atoms with E-state index in [1.807, 2.05) is 48.7 Å². The van der Waals surface area contributed by atoms with E-state index in [1.54, 1.807) is 7.11 Å². The third-order valence-electron chi connectivity index (χ3n) is 4.86. The number of hydrogen-bond donors (Lipinski definition) is 1. The second-order valence-electron chi connectivity index (χ2n) is 6.69. The lowest BCUT2D eigenvalue weighted by Gasteiger charge is -2.17. The lowest BCUT2D eigenvalue weighted by atomic mass is 10.1. The van der Waals surface area contributed by atoms with Crippen molar-refractivity contribution >= 4 is 17.7 Å². The summed E-state index contributed by atoms with van der Waals surface area (Å²) in [6.45, 7) is 0.756. The van der Waals surface area contributed by atoms with Crippen molar-refractivity contribution in [3.05, 3.63) is 60.8 Å². The molecule has 3 aromatic rings. The molecular formula is C22H23N3O2S. The van der Waals surface area contributed by atoms with Crippen LogP contribution >= 0.6 is 11.8 Å². The van der Waals surface area contributed by atoms with Crippen LogP contribution in [0.25, 0.3) is 16.9 Å². The summed E-state index contributed by atoms with van der Waals surface area (Å²) in [6, 6.07) is 18.1. The molecule has 2 heterocycles. The number of thioether (sulfide) groups is 1. The molecule has 1 saturated heterocycles. The molecule has 1 N–H and O–H groups in total. The first kappa shape index (κ1) is 18.6. The molecule has 0 saturated carbocycles. The monoisotopic (exact) mass is 393 g/mol. The number of amides is 1. The van der Waals surface area contributed by atoms with E-state index in [0.717, 1.165) is 53.7 Å². The highest BCUT2D eigenvalue weighted by molar-refractivity contribution is 8.00. The predicted octanol–water partition coefficient (Wildman–Crippen LogP) is 4.31. The van der Waals surface area contributed by atoms with E-state index in [0.29, 0.717) is 0 Å². The average Bonchev–Trinajstić information content (AvgIpc) is 3.05. The molecule has 28 heavy (non-hydrogen) atoms. The summed E-state index contributed by atoms with van der Waals surface area (Å²) in [5.74, 6) is 0.864. The lowest BCUT2D eigenvalue weighted by Crippen LogP contribution is -2.30. The molecule has 6 heteroatoms. The minimum atomic E-state index is -0.137. The fourth-order valence-corrected chi connectivity index (χ4v) is 4.57. The topological polar surface area (TPSA) is 56.1 Å². The van der Waals surface area contributed by atoms with Crippen LogP contribution in [0, 0.1) is 0 Å². The van der Waals surface area contributed by atoms with E-state index in [-0.39, 0.29) is 11.2 Å². The minimum Gasteiger partial charge on any atom is -0.495 e. The lowest BCUT2D eigenvalue weighted by molar-refractivity contribution is -0.120. The molecule has 0 radical (unpaired) electrons. The van der Waals surface area contributed by atoms with Crippen LogP contribution in [0.1, 0.15) is 19.3 Å². The van der Waals surface area contributed by atoms with E-state index in [9.17, 15) is 4.79 Å². The van der Waals surface area contributed by atoms with Gasteiger partial charge in [0.2, 0.25) is 5.91 Å². The maximum atomic E-state index is 12.5. The summed E-state index contributed by atoms with van der Waals surface area (Å²) in [5.41, 5.74) is 2.96. The molecule has 0 unspecified atom stereocenters. The zero-order valence-electron chi connectivity index (χ0n) is 15.8. The van der Waals surface area contributed by atoms with Crippen molar-refractivity contribution in [2.24, 2.45) is 0 Å². The van der Waals surface area contributed by atoms with Gasteiger partial charge in [-0.15, -0.1) is 0 Å². The van der Waals surface area contributed by atoms with Crippen LogP contribution in [0.2, 0.25) is 0 Å². The number of nitrogens with zero attached hydrogens (tertiary/aromatic N) is 2. The standard InChI is InChI=1S/C22H23N3O2S/c1-27-19-12-6-5-11-17(19)25-18(16-9-3-2-4-10-16)15-24-22(25)28-20-13-7-8-14-23-21(20)26/h2-6,9-12,15,20H,7-8,13-14H2,1H3,(H,23,26)/t20-/m0/s1. The Bertz CT molecular complexity index is 955. The van der Waals surface area contributed by atoms with Gasteiger partial charge in [-0.05, 0) is 25.0 Å². The first-order chi connectivity index (χ1) is 13.8. The highest BCUT2D eigenvalue weighted by Crippen LogP contribution is 2.36. The van der Waals surface area contributed by atoms with Crippen molar-refractivity contribution < 1.29 is 9.53 Å². The highest BCUT2D eigenvalue weighted by atomic mass is 32.2. The number of carbonyl (C=O) groups excluding carboxylic acids is 1. The zero-order chi connectivity index (χ0) is 19.3. The minimum absolute atomic E-state index is 0.0957. The van der Waals surface area contributed by atoms with E-state index in [2.05, 4.69) is 22.0 Å². The predicted molar refractivity (Wildman–Crippen MR) is 112 cm³/mol. The van der Waals surface area contributed by atoms with Gasteiger partial charge < -0.3 is 10.1 Å². The van der Waals surface area contributed by atoms with Crippen LogP contribution in [-0.2, 0) is 4.79 Å². The first-order valence-electron chi connectivity index (χ1n) is 9.49. The quantitative estimate of drug-likeness (QED) is 0.702. The molecule has 1 aromatic heterocycles. The van der Waals surface area contributed by atoms with Crippen LogP contribution in [0.15, 0.2) is 66.0 Å². The summed E-state index contributed by atoms with van der Waals surface area (Å²) >= 11 is 1.53. The van der Waals surface area contributed by atoms with Gasteiger partial charge in [0.15, 0.2) is 5.16 Å². The number of benzene rings is 2. The summed E-state index contributed by atoms with van der Waals surface area (Å²) in [4.78, 5) is 17.2. The Morgan fingerprint density at radius 1 is 1.11 bits per heavy atom. The molecule has 0 bridgehead atoms. The molecule has 4 rings (SSSR count). The van der Waals surface area contributed by atoms with E-state index in [4.69, 9.17) is 9.72 Å². The Morgan fingerprint density at radius 2 is 1.89 bits per heavy atom. The van der Waals surface area contributed by atoms with Gasteiger partial charge >= 0.3 is 0 Å². The van der Waals surface area contributed by atoms with E-state index in [1.165, 1.54) is 11.8 Å². The normalized spacial score (nSPS) is 17.0. The Kier molecular flexibility index (Phi) is 5.67. The van der Waals surface area contributed by atoms with Gasteiger partial charge in [0, 0.05) is 12.1 Å². The SMILES string of the molecule is COc1ccccc1-n1c(-c2ccccc2)cnc1S[C@H]1CCCCNC1=O. The number of nitrogens with one attached hydrogen (secondary N) is 1. The highest BCUT2D eigenvalue weighted by Gasteiger charge is 2.26. The number of aromatic nitrogens is 2. The smallest absolute Gasteiger partial charge is 0.233 e. The number of methoxy groups -OCH3 is 1. The van der Waals surface area contributed by atoms with E-state index >= 15 is 0 Å².